The van der Waals surface area contributed by atoms with E-state index < -0.39 is 24.6 Å². The van der Waals surface area contributed by atoms with Crippen molar-refractivity contribution in [3.63, 3.8) is 0 Å². The van der Waals surface area contributed by atoms with Crippen LogP contribution in [-0.4, -0.2) is 72.6 Å². The SMILES string of the molecule is COc1ccc(OC)c(C2CC3C4CC=C5CC(OC6C[C@@H](O)[C@@H](O)[C@@H](CO)O6)CCC5(C)C4CCC3(C)C2C(C)=O)c1. The molecule has 5 aliphatic rings. The molecule has 6 rings (SSSR count). The predicted octanol–water partition coefficient (Wildman–Crippen LogP) is 4.78. The van der Waals surface area contributed by atoms with Crippen molar-refractivity contribution in [1.29, 1.82) is 0 Å². The number of benzene rings is 1. The van der Waals surface area contributed by atoms with Gasteiger partial charge in [-0.3, -0.25) is 4.79 Å². The highest BCUT2D eigenvalue weighted by Crippen LogP contribution is 2.69. The van der Waals surface area contributed by atoms with Gasteiger partial charge in [0.15, 0.2) is 6.29 Å². The molecule has 1 aliphatic heterocycles. The maximum Gasteiger partial charge on any atom is 0.161 e. The Morgan fingerprint density at radius 1 is 1.07 bits per heavy atom. The van der Waals surface area contributed by atoms with Crippen molar-refractivity contribution >= 4 is 5.78 Å². The summed E-state index contributed by atoms with van der Waals surface area (Å²) in [5.74, 6) is 3.50. The summed E-state index contributed by atoms with van der Waals surface area (Å²) in [6, 6.07) is 5.98. The summed E-state index contributed by atoms with van der Waals surface area (Å²) >= 11 is 0. The Morgan fingerprint density at radius 3 is 2.56 bits per heavy atom. The molecule has 4 fully saturated rings. The molecule has 0 amide bonds. The van der Waals surface area contributed by atoms with Gasteiger partial charge in [0, 0.05) is 17.9 Å². The molecule has 1 aromatic carbocycles. The number of carbonyl (C=O) groups excluding carboxylic acids is 1. The second-order valence-corrected chi connectivity index (χ2v) is 14.4. The smallest absolute Gasteiger partial charge is 0.161 e. The molecule has 3 saturated carbocycles. The van der Waals surface area contributed by atoms with E-state index in [1.165, 1.54) is 5.57 Å². The zero-order valence-corrected chi connectivity index (χ0v) is 26.3. The van der Waals surface area contributed by atoms with Gasteiger partial charge in [-0.1, -0.05) is 25.5 Å². The lowest BCUT2D eigenvalue weighted by Crippen LogP contribution is -2.52. The van der Waals surface area contributed by atoms with Gasteiger partial charge in [0.1, 0.15) is 29.5 Å². The van der Waals surface area contributed by atoms with E-state index in [1.807, 2.05) is 12.1 Å². The summed E-state index contributed by atoms with van der Waals surface area (Å²) < 4.78 is 23.5. The predicted molar refractivity (Wildman–Crippen MR) is 161 cm³/mol. The molecule has 3 N–H and O–H groups in total. The van der Waals surface area contributed by atoms with Gasteiger partial charge in [0.25, 0.3) is 0 Å². The minimum Gasteiger partial charge on any atom is -0.497 e. The second-order valence-electron chi connectivity index (χ2n) is 14.4. The third kappa shape index (κ3) is 5.15. The number of allylic oxidation sites excluding steroid dienone is 1. The van der Waals surface area contributed by atoms with Crippen LogP contribution in [-0.2, 0) is 14.3 Å². The lowest BCUT2D eigenvalue weighted by atomic mass is 9.47. The third-order valence-electron chi connectivity index (χ3n) is 12.5. The Balaban J connectivity index is 1.23. The van der Waals surface area contributed by atoms with Crippen molar-refractivity contribution in [2.45, 2.75) is 109 Å². The number of Topliss-reactive ketones (excluding diaryl/α,β-unsaturated/α-hetero) is 1. The first-order chi connectivity index (χ1) is 20.5. The number of hydrogen-bond acceptors (Lipinski definition) is 8. The number of aliphatic hydroxyl groups is 3. The Bertz CT molecular complexity index is 1230. The van der Waals surface area contributed by atoms with Crippen molar-refractivity contribution in [1.82, 2.24) is 0 Å². The molecule has 12 atom stereocenters. The van der Waals surface area contributed by atoms with E-state index in [-0.39, 0.29) is 47.6 Å². The van der Waals surface area contributed by atoms with Gasteiger partial charge in [-0.2, -0.15) is 0 Å². The van der Waals surface area contributed by atoms with E-state index in [0.29, 0.717) is 17.8 Å². The fraction of sp³-hybridized carbons (Fsp3) is 0.743. The van der Waals surface area contributed by atoms with Crippen LogP contribution in [0.5, 0.6) is 11.5 Å². The van der Waals surface area contributed by atoms with Crippen molar-refractivity contribution in [2.24, 2.45) is 34.5 Å². The van der Waals surface area contributed by atoms with E-state index in [9.17, 15) is 20.1 Å². The summed E-state index contributed by atoms with van der Waals surface area (Å²) in [6.07, 6.45) is 6.06. The second kappa shape index (κ2) is 11.8. The fourth-order valence-corrected chi connectivity index (χ4v) is 10.3. The first-order valence-electron chi connectivity index (χ1n) is 16.2. The molecule has 8 nitrogen and oxygen atoms in total. The largest absolute Gasteiger partial charge is 0.497 e. The maximum atomic E-state index is 13.4. The monoisotopic (exact) mass is 598 g/mol. The molecule has 238 valence electrons. The van der Waals surface area contributed by atoms with E-state index in [0.717, 1.165) is 62.0 Å². The molecule has 0 aromatic heterocycles. The first kappa shape index (κ1) is 31.0. The van der Waals surface area contributed by atoms with Gasteiger partial charge in [0.05, 0.1) is 33.0 Å². The first-order valence-corrected chi connectivity index (χ1v) is 16.2. The zero-order valence-electron chi connectivity index (χ0n) is 26.3. The minimum atomic E-state index is -1.10. The van der Waals surface area contributed by atoms with Crippen molar-refractivity contribution in [3.05, 3.63) is 35.4 Å². The molecular weight excluding hydrogens is 548 g/mol. The molecule has 0 radical (unpaired) electrons. The summed E-state index contributed by atoms with van der Waals surface area (Å²) in [5, 5.41) is 29.9. The molecule has 8 heteroatoms. The number of hydrogen-bond donors (Lipinski definition) is 3. The Morgan fingerprint density at radius 2 is 1.86 bits per heavy atom. The molecule has 4 aliphatic carbocycles. The maximum absolute atomic E-state index is 13.4. The van der Waals surface area contributed by atoms with Crippen LogP contribution >= 0.6 is 0 Å². The van der Waals surface area contributed by atoms with Gasteiger partial charge in [0.2, 0.25) is 0 Å². The highest BCUT2D eigenvalue weighted by Gasteiger charge is 2.62. The molecule has 1 saturated heterocycles. The zero-order chi connectivity index (χ0) is 30.7. The van der Waals surface area contributed by atoms with Crippen LogP contribution < -0.4 is 9.47 Å². The topological polar surface area (TPSA) is 115 Å². The molecule has 1 aromatic rings. The Hall–Kier alpha value is -1.97. The van der Waals surface area contributed by atoms with Crippen LogP contribution in [0.1, 0.15) is 83.6 Å². The average Bonchev–Trinajstić information content (AvgIpc) is 3.32. The standard InChI is InChI=1S/C35H50O8/c1-19(37)32-25(24-15-21(40-4)7-9-29(24)41-5)16-27-23-8-6-20-14-22(42-31-17-28(38)33(39)30(18-36)43-31)10-12-34(20,2)26(23)11-13-35(27,32)3/h6-7,9,15,22-23,25-28,30-33,36,38-39H,8,10-14,16-18H2,1-5H3/t22?,23?,25?,26?,27?,28-,30-,31?,32?,33-,34?,35?/m1/s1. The normalized spacial score (nSPS) is 44.0. The van der Waals surface area contributed by atoms with Crippen molar-refractivity contribution < 1.29 is 39.1 Å². The molecule has 43 heavy (non-hydrogen) atoms. The van der Waals surface area contributed by atoms with Crippen LogP contribution in [0.15, 0.2) is 29.8 Å². The Kier molecular flexibility index (Phi) is 8.48. The average molecular weight is 599 g/mol. The molecule has 9 unspecified atom stereocenters. The van der Waals surface area contributed by atoms with E-state index >= 15 is 0 Å². The van der Waals surface area contributed by atoms with Crippen LogP contribution in [0.3, 0.4) is 0 Å². The number of carbonyl (C=O) groups is 1. The fourth-order valence-electron chi connectivity index (χ4n) is 10.3. The number of aliphatic hydroxyl groups excluding tert-OH is 3. The van der Waals surface area contributed by atoms with E-state index in [4.69, 9.17) is 18.9 Å². The minimum absolute atomic E-state index is 0.0185. The summed E-state index contributed by atoms with van der Waals surface area (Å²) in [4.78, 5) is 13.4. The van der Waals surface area contributed by atoms with E-state index in [2.05, 4.69) is 26.0 Å². The summed E-state index contributed by atoms with van der Waals surface area (Å²) in [6.45, 7) is 6.26. The van der Waals surface area contributed by atoms with Crippen LogP contribution in [0.4, 0.5) is 0 Å². The molecular formula is C35H50O8. The highest BCUT2D eigenvalue weighted by molar-refractivity contribution is 5.81. The van der Waals surface area contributed by atoms with Crippen LogP contribution in [0, 0.1) is 34.5 Å². The van der Waals surface area contributed by atoms with Crippen LogP contribution in [0.2, 0.25) is 0 Å². The number of rotatable bonds is 7. The third-order valence-corrected chi connectivity index (χ3v) is 12.5. The molecule has 0 bridgehead atoms. The van der Waals surface area contributed by atoms with Crippen molar-refractivity contribution in [3.8, 4) is 11.5 Å². The van der Waals surface area contributed by atoms with Crippen LogP contribution in [0.25, 0.3) is 0 Å². The Labute approximate surface area is 255 Å². The quantitative estimate of drug-likeness (QED) is 0.385. The van der Waals surface area contributed by atoms with E-state index in [1.54, 1.807) is 21.1 Å². The lowest BCUT2D eigenvalue weighted by Gasteiger charge is -2.58. The molecule has 0 spiro atoms. The number of ether oxygens (including phenoxy) is 4. The summed E-state index contributed by atoms with van der Waals surface area (Å²) in [7, 11) is 3.39. The van der Waals surface area contributed by atoms with Gasteiger partial charge in [-0.05, 0) is 105 Å². The number of methoxy groups -OCH3 is 2. The number of fused-ring (bicyclic) bond motifs is 5. The van der Waals surface area contributed by atoms with Gasteiger partial charge < -0.3 is 34.3 Å². The van der Waals surface area contributed by atoms with Gasteiger partial charge in [-0.15, -0.1) is 0 Å². The highest BCUT2D eigenvalue weighted by atomic mass is 16.7. The number of ketones is 1. The van der Waals surface area contributed by atoms with Crippen molar-refractivity contribution in [2.75, 3.05) is 20.8 Å². The molecule has 1 heterocycles. The summed E-state index contributed by atoms with van der Waals surface area (Å²) in [5.41, 5.74) is 2.60. The van der Waals surface area contributed by atoms with Gasteiger partial charge >= 0.3 is 0 Å². The van der Waals surface area contributed by atoms with Gasteiger partial charge in [-0.25, -0.2) is 0 Å². The lowest BCUT2D eigenvalue weighted by molar-refractivity contribution is -0.271.